The summed E-state index contributed by atoms with van der Waals surface area (Å²) in [5.41, 5.74) is 0.629. The number of hydrogen-bond donors (Lipinski definition) is 2. The number of carbonyl (C=O) groups is 1. The van der Waals surface area contributed by atoms with Gasteiger partial charge in [-0.2, -0.15) is 0 Å². The average molecular weight is 383 g/mol. The zero-order chi connectivity index (χ0) is 16.8. The van der Waals surface area contributed by atoms with Crippen molar-refractivity contribution in [1.82, 2.24) is 0 Å². The van der Waals surface area contributed by atoms with E-state index in [-0.39, 0.29) is 18.8 Å². The van der Waals surface area contributed by atoms with Crippen LogP contribution in [0.25, 0.3) is 0 Å². The zero-order valence-electron chi connectivity index (χ0n) is 12.4. The van der Waals surface area contributed by atoms with Crippen molar-refractivity contribution in [1.29, 1.82) is 0 Å². The van der Waals surface area contributed by atoms with Crippen LogP contribution in [-0.4, -0.2) is 31.4 Å². The molecule has 0 saturated carbocycles. The van der Waals surface area contributed by atoms with Crippen LogP contribution in [0.1, 0.15) is 0 Å². The normalized spacial score (nSPS) is 10.3. The quantitative estimate of drug-likeness (QED) is 0.829. The molecule has 2 rings (SSSR count). The highest BCUT2D eigenvalue weighted by molar-refractivity contribution is 9.10. The molecule has 23 heavy (non-hydrogen) atoms. The number of halogens is 2. The standard InChI is InChI=1S/C16H16BrFN2O3/c1-23-13-5-3-12(4-6-13)20(8-9-21)16(22)19-15-7-2-11(17)10-14(15)18/h2-7,10,21H,8-9H2,1H3,(H,19,22). The van der Waals surface area contributed by atoms with Crippen LogP contribution >= 0.6 is 15.9 Å². The number of nitrogens with one attached hydrogen (secondary N) is 1. The Labute approximate surface area is 141 Å². The van der Waals surface area contributed by atoms with E-state index in [9.17, 15) is 14.3 Å². The molecule has 2 aromatic carbocycles. The Hall–Kier alpha value is -2.12. The van der Waals surface area contributed by atoms with Gasteiger partial charge in [-0.3, -0.25) is 4.90 Å². The highest BCUT2D eigenvalue weighted by Gasteiger charge is 2.17. The van der Waals surface area contributed by atoms with Crippen LogP contribution in [0.4, 0.5) is 20.6 Å². The number of urea groups is 1. The lowest BCUT2D eigenvalue weighted by Crippen LogP contribution is -2.37. The number of rotatable bonds is 5. The summed E-state index contributed by atoms with van der Waals surface area (Å²) in [5, 5.41) is 11.7. The number of nitrogens with zero attached hydrogens (tertiary/aromatic N) is 1. The third kappa shape index (κ3) is 4.43. The van der Waals surface area contributed by atoms with Gasteiger partial charge in [0.15, 0.2) is 0 Å². The highest BCUT2D eigenvalue weighted by Crippen LogP contribution is 2.22. The summed E-state index contributed by atoms with van der Waals surface area (Å²) in [7, 11) is 1.55. The van der Waals surface area contributed by atoms with Crippen molar-refractivity contribution < 1.29 is 19.0 Å². The molecule has 0 aliphatic carbocycles. The van der Waals surface area contributed by atoms with Crippen LogP contribution in [0, 0.1) is 5.82 Å². The van der Waals surface area contributed by atoms with Crippen LogP contribution in [0.5, 0.6) is 5.75 Å². The molecule has 2 aromatic rings. The number of aliphatic hydroxyl groups is 1. The van der Waals surface area contributed by atoms with Crippen molar-refractivity contribution in [3.05, 3.63) is 52.8 Å². The lowest BCUT2D eigenvalue weighted by molar-refractivity contribution is 0.252. The number of carbonyl (C=O) groups excluding carboxylic acids is 1. The summed E-state index contributed by atoms with van der Waals surface area (Å²) in [4.78, 5) is 13.7. The van der Waals surface area contributed by atoms with Crippen LogP contribution in [0.3, 0.4) is 0 Å². The molecule has 0 bridgehead atoms. The molecular weight excluding hydrogens is 367 g/mol. The summed E-state index contributed by atoms with van der Waals surface area (Å²) in [5.74, 6) is 0.100. The molecule has 0 aliphatic rings. The summed E-state index contributed by atoms with van der Waals surface area (Å²) in [6.07, 6.45) is 0. The van der Waals surface area contributed by atoms with E-state index in [4.69, 9.17) is 4.74 Å². The van der Waals surface area contributed by atoms with Gasteiger partial charge in [0.25, 0.3) is 0 Å². The monoisotopic (exact) mass is 382 g/mol. The first kappa shape index (κ1) is 17.2. The van der Waals surface area contributed by atoms with Gasteiger partial charge in [0.2, 0.25) is 0 Å². The van der Waals surface area contributed by atoms with Gasteiger partial charge in [0, 0.05) is 10.2 Å². The molecule has 2 amide bonds. The Morgan fingerprint density at radius 3 is 2.57 bits per heavy atom. The molecule has 0 radical (unpaired) electrons. The molecule has 0 fully saturated rings. The Bertz CT molecular complexity index is 680. The summed E-state index contributed by atoms with van der Waals surface area (Å²) < 4.78 is 19.5. The number of methoxy groups -OCH3 is 1. The first-order valence-corrected chi connectivity index (χ1v) is 7.63. The molecule has 0 atom stereocenters. The first-order chi connectivity index (χ1) is 11.0. The Morgan fingerprint density at radius 1 is 1.30 bits per heavy atom. The molecule has 0 unspecified atom stereocenters. The van der Waals surface area contributed by atoms with Gasteiger partial charge in [-0.25, -0.2) is 9.18 Å². The number of aliphatic hydroxyl groups excluding tert-OH is 1. The van der Waals surface area contributed by atoms with Gasteiger partial charge in [-0.15, -0.1) is 0 Å². The fourth-order valence-corrected chi connectivity index (χ4v) is 2.32. The van der Waals surface area contributed by atoms with E-state index in [0.717, 1.165) is 0 Å². The Morgan fingerprint density at radius 2 is 2.00 bits per heavy atom. The smallest absolute Gasteiger partial charge is 0.326 e. The minimum absolute atomic E-state index is 0.0645. The second kappa shape index (κ2) is 7.94. The van der Waals surface area contributed by atoms with Gasteiger partial charge in [-0.05, 0) is 42.5 Å². The van der Waals surface area contributed by atoms with E-state index >= 15 is 0 Å². The molecular formula is C16H16BrFN2O3. The van der Waals surface area contributed by atoms with Gasteiger partial charge >= 0.3 is 6.03 Å². The lowest BCUT2D eigenvalue weighted by Gasteiger charge is -2.22. The topological polar surface area (TPSA) is 61.8 Å². The predicted molar refractivity (Wildman–Crippen MR) is 90.5 cm³/mol. The summed E-state index contributed by atoms with van der Waals surface area (Å²) in [6.45, 7) is -0.140. The van der Waals surface area contributed by atoms with E-state index in [1.165, 1.54) is 17.0 Å². The first-order valence-electron chi connectivity index (χ1n) is 6.83. The molecule has 0 aliphatic heterocycles. The fraction of sp³-hybridized carbons (Fsp3) is 0.188. The van der Waals surface area contributed by atoms with Crippen LogP contribution in [-0.2, 0) is 0 Å². The van der Waals surface area contributed by atoms with Gasteiger partial charge in [0.05, 0.1) is 25.9 Å². The summed E-state index contributed by atoms with van der Waals surface area (Å²) >= 11 is 3.16. The molecule has 0 aromatic heterocycles. The molecule has 0 heterocycles. The minimum Gasteiger partial charge on any atom is -0.497 e. The largest absolute Gasteiger partial charge is 0.497 e. The zero-order valence-corrected chi connectivity index (χ0v) is 14.0. The molecule has 122 valence electrons. The number of ether oxygens (including phenoxy) is 1. The third-order valence-corrected chi connectivity index (χ3v) is 3.62. The maximum absolute atomic E-state index is 13.8. The number of amides is 2. The second-order valence-electron chi connectivity index (χ2n) is 4.63. The van der Waals surface area contributed by atoms with Gasteiger partial charge in [0.1, 0.15) is 11.6 Å². The van der Waals surface area contributed by atoms with E-state index < -0.39 is 11.8 Å². The predicted octanol–water partition coefficient (Wildman–Crippen LogP) is 3.63. The highest BCUT2D eigenvalue weighted by atomic mass is 79.9. The number of benzene rings is 2. The molecule has 7 heteroatoms. The van der Waals surface area contributed by atoms with Crippen LogP contribution in [0.15, 0.2) is 46.9 Å². The van der Waals surface area contributed by atoms with Crippen LogP contribution < -0.4 is 15.0 Å². The summed E-state index contributed by atoms with van der Waals surface area (Å²) in [6, 6.07) is 10.6. The van der Waals surface area contributed by atoms with Crippen molar-refractivity contribution in [2.75, 3.05) is 30.5 Å². The van der Waals surface area contributed by atoms with Crippen molar-refractivity contribution >= 4 is 33.3 Å². The van der Waals surface area contributed by atoms with Crippen molar-refractivity contribution in [3.8, 4) is 5.75 Å². The lowest BCUT2D eigenvalue weighted by atomic mass is 10.2. The number of hydrogen-bond acceptors (Lipinski definition) is 3. The van der Waals surface area contributed by atoms with E-state index in [2.05, 4.69) is 21.2 Å². The van der Waals surface area contributed by atoms with Crippen molar-refractivity contribution in [2.24, 2.45) is 0 Å². The van der Waals surface area contributed by atoms with Gasteiger partial charge < -0.3 is 15.2 Å². The maximum Gasteiger partial charge on any atom is 0.326 e. The average Bonchev–Trinajstić information content (AvgIpc) is 2.55. The van der Waals surface area contributed by atoms with E-state index in [1.54, 1.807) is 37.4 Å². The van der Waals surface area contributed by atoms with E-state index in [1.807, 2.05) is 0 Å². The van der Waals surface area contributed by atoms with Gasteiger partial charge in [-0.1, -0.05) is 15.9 Å². The second-order valence-corrected chi connectivity index (χ2v) is 5.54. The van der Waals surface area contributed by atoms with Crippen LogP contribution in [0.2, 0.25) is 0 Å². The molecule has 0 saturated heterocycles. The third-order valence-electron chi connectivity index (χ3n) is 3.13. The maximum atomic E-state index is 13.8. The fourth-order valence-electron chi connectivity index (χ4n) is 1.98. The van der Waals surface area contributed by atoms with Crippen molar-refractivity contribution in [3.63, 3.8) is 0 Å². The van der Waals surface area contributed by atoms with E-state index in [0.29, 0.717) is 15.9 Å². The SMILES string of the molecule is COc1ccc(N(CCO)C(=O)Nc2ccc(Br)cc2F)cc1. The molecule has 0 spiro atoms. The molecule has 5 nitrogen and oxygen atoms in total. The molecule has 2 N–H and O–H groups in total. The Kier molecular flexibility index (Phi) is 5.95. The Balaban J connectivity index is 2.20. The van der Waals surface area contributed by atoms with Crippen molar-refractivity contribution in [2.45, 2.75) is 0 Å². The number of anilines is 2. The minimum atomic E-state index is -0.550.